The van der Waals surface area contributed by atoms with Gasteiger partial charge in [0.15, 0.2) is 0 Å². The number of nitrogens with zero attached hydrogens (tertiary/aromatic N) is 3. The second-order valence-electron chi connectivity index (χ2n) is 9.68. The molecule has 2 heterocycles. The lowest BCUT2D eigenvalue weighted by molar-refractivity contribution is -0.136. The van der Waals surface area contributed by atoms with Crippen LogP contribution in [-0.2, 0) is 0 Å². The van der Waals surface area contributed by atoms with Crippen molar-refractivity contribution in [2.75, 3.05) is 33.9 Å². The highest BCUT2D eigenvalue weighted by Gasteiger charge is 2.26. The van der Waals surface area contributed by atoms with E-state index in [0.29, 0.717) is 18.2 Å². The molecule has 0 amide bonds. The minimum atomic E-state index is -4.17. The zero-order chi connectivity index (χ0) is 27.4. The van der Waals surface area contributed by atoms with E-state index >= 15 is 0 Å². The zero-order valence-electron chi connectivity index (χ0n) is 21.8. The summed E-state index contributed by atoms with van der Waals surface area (Å²) in [5, 5.41) is 0. The summed E-state index contributed by atoms with van der Waals surface area (Å²) in [4.78, 5) is 18.1. The number of halogens is 3. The van der Waals surface area contributed by atoms with Crippen molar-refractivity contribution < 1.29 is 22.6 Å². The van der Waals surface area contributed by atoms with Gasteiger partial charge in [0.1, 0.15) is 23.1 Å². The van der Waals surface area contributed by atoms with Crippen molar-refractivity contribution in [3.05, 3.63) is 60.7 Å². The number of H-pyrrole nitrogens is 2. The van der Waals surface area contributed by atoms with Crippen LogP contribution in [0.3, 0.4) is 0 Å². The molecule has 0 fully saturated rings. The molecule has 0 saturated heterocycles. The summed E-state index contributed by atoms with van der Waals surface area (Å²) in [5.41, 5.74) is 5.10. The number of hydrogen-bond donors (Lipinski definition) is 2. The molecule has 5 rings (SSSR count). The Morgan fingerprint density at radius 1 is 0.718 bits per heavy atom. The van der Waals surface area contributed by atoms with Crippen LogP contribution in [0.1, 0.15) is 19.3 Å². The molecule has 0 bridgehead atoms. The smallest absolute Gasteiger partial charge is 0.389 e. The fourth-order valence-electron chi connectivity index (χ4n) is 4.25. The molecule has 2 aromatic heterocycles. The molecule has 0 unspecified atom stereocenters. The first kappa shape index (κ1) is 26.6. The number of aromatic amines is 2. The Labute approximate surface area is 224 Å². The number of alkyl halides is 3. The van der Waals surface area contributed by atoms with Gasteiger partial charge in [0.2, 0.25) is 0 Å². The van der Waals surface area contributed by atoms with Crippen LogP contribution in [0.5, 0.6) is 11.5 Å². The van der Waals surface area contributed by atoms with Crippen molar-refractivity contribution >= 4 is 22.1 Å². The fraction of sp³-hybridized carbons (Fsp3) is 0.310. The Hall–Kier alpha value is -4.05. The van der Waals surface area contributed by atoms with E-state index in [1.165, 1.54) is 0 Å². The van der Waals surface area contributed by atoms with Gasteiger partial charge >= 0.3 is 6.18 Å². The maximum atomic E-state index is 12.3. The van der Waals surface area contributed by atoms with E-state index in [0.717, 1.165) is 57.7 Å². The van der Waals surface area contributed by atoms with Crippen molar-refractivity contribution in [1.29, 1.82) is 0 Å². The van der Waals surface area contributed by atoms with E-state index in [1.54, 1.807) is 18.2 Å². The summed E-state index contributed by atoms with van der Waals surface area (Å²) >= 11 is 0. The first-order valence-corrected chi connectivity index (χ1v) is 12.8. The molecule has 7 nitrogen and oxygen atoms in total. The predicted octanol–water partition coefficient (Wildman–Crippen LogP) is 6.83. The molecule has 0 saturated carbocycles. The van der Waals surface area contributed by atoms with E-state index in [4.69, 9.17) is 14.5 Å². The van der Waals surface area contributed by atoms with Gasteiger partial charge in [-0.2, -0.15) is 13.2 Å². The monoisotopic (exact) mass is 537 g/mol. The lowest BCUT2D eigenvalue weighted by Crippen LogP contribution is -2.15. The van der Waals surface area contributed by atoms with Gasteiger partial charge in [-0.3, -0.25) is 0 Å². The fourth-order valence-corrected chi connectivity index (χ4v) is 4.25. The number of rotatable bonds is 11. The molecule has 204 valence electrons. The molecule has 10 heteroatoms. The molecular formula is C29H30F3N5O2. The van der Waals surface area contributed by atoms with Crippen molar-refractivity contribution in [1.82, 2.24) is 24.8 Å². The van der Waals surface area contributed by atoms with Crippen molar-refractivity contribution in [3.8, 4) is 34.3 Å². The molecule has 0 aliphatic carbocycles. The highest BCUT2D eigenvalue weighted by Crippen LogP contribution is 2.28. The minimum Gasteiger partial charge on any atom is -0.494 e. The molecule has 0 aliphatic rings. The third-order valence-electron chi connectivity index (χ3n) is 6.23. The SMILES string of the molecule is CN(C)CCCOc1ccc2nc(-c3ccc(-c4nc5ccc(OCCCC(F)(F)F)cc5[nH]4)cc3)[nH]c2c1. The average Bonchev–Trinajstić information content (AvgIpc) is 3.52. The third-order valence-corrected chi connectivity index (χ3v) is 6.23. The molecule has 39 heavy (non-hydrogen) atoms. The van der Waals surface area contributed by atoms with Crippen LogP contribution in [0.25, 0.3) is 44.8 Å². The molecular weight excluding hydrogens is 507 g/mol. The minimum absolute atomic E-state index is 0.000372. The lowest BCUT2D eigenvalue weighted by Gasteiger charge is -2.10. The third kappa shape index (κ3) is 6.88. The largest absolute Gasteiger partial charge is 0.494 e. The van der Waals surface area contributed by atoms with Gasteiger partial charge in [-0.25, -0.2) is 9.97 Å². The molecule has 0 aliphatic heterocycles. The number of fused-ring (bicyclic) bond motifs is 2. The van der Waals surface area contributed by atoms with Crippen LogP contribution >= 0.6 is 0 Å². The first-order chi connectivity index (χ1) is 18.7. The second-order valence-corrected chi connectivity index (χ2v) is 9.68. The van der Waals surface area contributed by atoms with Gasteiger partial charge in [0, 0.05) is 36.2 Å². The number of hydrogen-bond acceptors (Lipinski definition) is 5. The van der Waals surface area contributed by atoms with Crippen LogP contribution in [0.15, 0.2) is 60.7 Å². The second kappa shape index (κ2) is 11.4. The molecule has 0 spiro atoms. The van der Waals surface area contributed by atoms with E-state index in [1.807, 2.05) is 56.6 Å². The van der Waals surface area contributed by atoms with Gasteiger partial charge in [-0.1, -0.05) is 24.3 Å². The maximum Gasteiger partial charge on any atom is 0.389 e. The van der Waals surface area contributed by atoms with Crippen molar-refractivity contribution in [3.63, 3.8) is 0 Å². The van der Waals surface area contributed by atoms with Crippen molar-refractivity contribution in [2.45, 2.75) is 25.4 Å². The summed E-state index contributed by atoms with van der Waals surface area (Å²) in [6.45, 7) is 1.63. The molecule has 0 atom stereocenters. The van der Waals surface area contributed by atoms with Gasteiger partial charge in [0.25, 0.3) is 0 Å². The summed E-state index contributed by atoms with van der Waals surface area (Å²) in [5.74, 6) is 2.76. The topological polar surface area (TPSA) is 79.1 Å². The Kier molecular flexibility index (Phi) is 7.74. The number of ether oxygens (including phenoxy) is 2. The summed E-state index contributed by atoms with van der Waals surface area (Å²) in [6.07, 6.45) is -4.16. The van der Waals surface area contributed by atoms with Crippen LogP contribution < -0.4 is 9.47 Å². The highest BCUT2D eigenvalue weighted by molar-refractivity contribution is 5.82. The van der Waals surface area contributed by atoms with Gasteiger partial charge in [-0.05, 0) is 51.2 Å². The summed E-state index contributed by atoms with van der Waals surface area (Å²) < 4.78 is 48.3. The van der Waals surface area contributed by atoms with E-state index in [9.17, 15) is 13.2 Å². The first-order valence-electron chi connectivity index (χ1n) is 12.8. The Balaban J connectivity index is 1.25. The number of aromatic nitrogens is 4. The number of imidazole rings is 2. The Bertz CT molecular complexity index is 1540. The van der Waals surface area contributed by atoms with Gasteiger partial charge < -0.3 is 24.3 Å². The van der Waals surface area contributed by atoms with Gasteiger partial charge in [-0.15, -0.1) is 0 Å². The average molecular weight is 538 g/mol. The summed E-state index contributed by atoms with van der Waals surface area (Å²) in [6, 6.07) is 19.0. The maximum absolute atomic E-state index is 12.3. The van der Waals surface area contributed by atoms with Crippen LogP contribution in [0.4, 0.5) is 13.2 Å². The van der Waals surface area contributed by atoms with E-state index < -0.39 is 12.6 Å². The van der Waals surface area contributed by atoms with E-state index in [-0.39, 0.29) is 13.0 Å². The summed E-state index contributed by atoms with van der Waals surface area (Å²) in [7, 11) is 4.09. The van der Waals surface area contributed by atoms with Crippen LogP contribution in [-0.4, -0.2) is 64.9 Å². The van der Waals surface area contributed by atoms with Crippen LogP contribution in [0, 0.1) is 0 Å². The molecule has 2 N–H and O–H groups in total. The lowest BCUT2D eigenvalue weighted by atomic mass is 10.1. The quantitative estimate of drug-likeness (QED) is 0.181. The van der Waals surface area contributed by atoms with Gasteiger partial charge in [0.05, 0.1) is 35.3 Å². The molecule has 0 radical (unpaired) electrons. The molecule has 5 aromatic rings. The standard InChI is InChI=1S/C29H30F3N5O2/c1-37(2)14-4-16-39-22-10-12-24-26(18-22)36-28(34-24)20-7-5-19(6-8-20)27-33-23-11-9-21(17-25(23)35-27)38-15-3-13-29(30,31)32/h5-12,17-18H,3-4,13-16H2,1-2H3,(H,33,35)(H,34,36). The predicted molar refractivity (Wildman–Crippen MR) is 146 cm³/mol. The normalized spacial score (nSPS) is 12.1. The molecule has 3 aromatic carbocycles. The zero-order valence-corrected chi connectivity index (χ0v) is 21.8. The Morgan fingerprint density at radius 3 is 1.67 bits per heavy atom. The van der Waals surface area contributed by atoms with E-state index in [2.05, 4.69) is 19.9 Å². The Morgan fingerprint density at radius 2 is 1.21 bits per heavy atom. The highest BCUT2D eigenvalue weighted by atomic mass is 19.4. The van der Waals surface area contributed by atoms with Crippen molar-refractivity contribution in [2.24, 2.45) is 0 Å². The number of benzene rings is 3. The van der Waals surface area contributed by atoms with Crippen LogP contribution in [0.2, 0.25) is 0 Å². The number of nitrogens with one attached hydrogen (secondary N) is 2.